The van der Waals surface area contributed by atoms with Gasteiger partial charge >= 0.3 is 5.97 Å². The van der Waals surface area contributed by atoms with Gasteiger partial charge in [0, 0.05) is 6.42 Å². The lowest BCUT2D eigenvalue weighted by molar-refractivity contribution is -0.137. The number of hydrogen-bond donors (Lipinski definition) is 3. The molecule has 0 aromatic heterocycles. The SMILES string of the molecule is CC(C)(C)CCCC(=O)O.OCCO. The maximum absolute atomic E-state index is 10.1. The van der Waals surface area contributed by atoms with Crippen molar-refractivity contribution in [2.45, 2.75) is 40.0 Å². The molecule has 14 heavy (non-hydrogen) atoms. The Morgan fingerprint density at radius 2 is 1.57 bits per heavy atom. The van der Waals surface area contributed by atoms with Crippen molar-refractivity contribution in [2.75, 3.05) is 13.2 Å². The zero-order chi connectivity index (χ0) is 11.6. The lowest BCUT2D eigenvalue weighted by Crippen LogP contribution is -2.05. The number of aliphatic hydroxyl groups is 2. The summed E-state index contributed by atoms with van der Waals surface area (Å²) in [6.45, 7) is 6.11. The summed E-state index contributed by atoms with van der Waals surface area (Å²) < 4.78 is 0. The topological polar surface area (TPSA) is 77.8 Å². The Balaban J connectivity index is 0. The van der Waals surface area contributed by atoms with Crippen LogP contribution in [0.3, 0.4) is 0 Å². The van der Waals surface area contributed by atoms with Gasteiger partial charge in [-0.3, -0.25) is 4.79 Å². The number of carbonyl (C=O) groups is 1. The van der Waals surface area contributed by atoms with Gasteiger partial charge in [0.2, 0.25) is 0 Å². The van der Waals surface area contributed by atoms with Gasteiger partial charge in [0.25, 0.3) is 0 Å². The lowest BCUT2D eigenvalue weighted by atomic mass is 9.90. The van der Waals surface area contributed by atoms with E-state index in [1.807, 2.05) is 0 Å². The second-order valence-electron chi connectivity index (χ2n) is 4.26. The van der Waals surface area contributed by atoms with Gasteiger partial charge in [-0.2, -0.15) is 0 Å². The molecule has 0 aromatic carbocycles. The van der Waals surface area contributed by atoms with Crippen LogP contribution >= 0.6 is 0 Å². The Bertz CT molecular complexity index is 136. The maximum atomic E-state index is 10.1. The van der Waals surface area contributed by atoms with Crippen LogP contribution in [0.4, 0.5) is 0 Å². The minimum atomic E-state index is -0.691. The van der Waals surface area contributed by atoms with Crippen molar-refractivity contribution in [2.24, 2.45) is 5.41 Å². The smallest absolute Gasteiger partial charge is 0.303 e. The molecule has 0 aliphatic rings. The molecule has 0 atom stereocenters. The molecule has 0 amide bonds. The summed E-state index contributed by atoms with van der Waals surface area (Å²) in [5, 5.41) is 23.6. The van der Waals surface area contributed by atoms with E-state index >= 15 is 0 Å². The van der Waals surface area contributed by atoms with Gasteiger partial charge in [0.1, 0.15) is 0 Å². The molecule has 0 heterocycles. The zero-order valence-corrected chi connectivity index (χ0v) is 9.29. The molecule has 4 nitrogen and oxygen atoms in total. The van der Waals surface area contributed by atoms with Crippen LogP contribution in [-0.2, 0) is 4.79 Å². The van der Waals surface area contributed by atoms with Gasteiger partial charge in [-0.05, 0) is 18.3 Å². The number of aliphatic hydroxyl groups excluding tert-OH is 2. The van der Waals surface area contributed by atoms with Crippen LogP contribution in [0, 0.1) is 5.41 Å². The Morgan fingerprint density at radius 3 is 1.79 bits per heavy atom. The van der Waals surface area contributed by atoms with Crippen molar-refractivity contribution < 1.29 is 20.1 Å². The van der Waals surface area contributed by atoms with E-state index in [2.05, 4.69) is 20.8 Å². The first-order valence-corrected chi connectivity index (χ1v) is 4.77. The molecule has 3 N–H and O–H groups in total. The van der Waals surface area contributed by atoms with Gasteiger partial charge in [-0.25, -0.2) is 0 Å². The minimum absolute atomic E-state index is 0.125. The molecule has 0 radical (unpaired) electrons. The number of aliphatic carboxylic acids is 1. The van der Waals surface area contributed by atoms with Gasteiger partial charge in [-0.1, -0.05) is 20.8 Å². The van der Waals surface area contributed by atoms with Crippen molar-refractivity contribution in [1.82, 2.24) is 0 Å². The molecular weight excluding hydrogens is 184 g/mol. The van der Waals surface area contributed by atoms with E-state index in [0.29, 0.717) is 6.42 Å². The quantitative estimate of drug-likeness (QED) is 0.647. The minimum Gasteiger partial charge on any atom is -0.481 e. The Morgan fingerprint density at radius 1 is 1.14 bits per heavy atom. The summed E-state index contributed by atoms with van der Waals surface area (Å²) in [6, 6.07) is 0. The zero-order valence-electron chi connectivity index (χ0n) is 9.29. The van der Waals surface area contributed by atoms with E-state index in [9.17, 15) is 4.79 Å². The predicted molar refractivity (Wildman–Crippen MR) is 55.1 cm³/mol. The fraction of sp³-hybridized carbons (Fsp3) is 0.900. The van der Waals surface area contributed by atoms with Crippen molar-refractivity contribution >= 4 is 5.97 Å². The fourth-order valence-electron chi connectivity index (χ4n) is 0.770. The molecule has 0 aliphatic heterocycles. The number of carboxylic acids is 1. The summed E-state index contributed by atoms with van der Waals surface area (Å²) in [4.78, 5) is 10.1. The highest BCUT2D eigenvalue weighted by Gasteiger charge is 2.09. The van der Waals surface area contributed by atoms with E-state index in [-0.39, 0.29) is 18.6 Å². The Labute approximate surface area is 85.6 Å². The van der Waals surface area contributed by atoms with Crippen LogP contribution in [0.15, 0.2) is 0 Å². The van der Waals surface area contributed by atoms with Crippen LogP contribution in [-0.4, -0.2) is 34.5 Å². The van der Waals surface area contributed by atoms with Crippen LogP contribution in [0.5, 0.6) is 0 Å². The molecule has 0 rings (SSSR count). The first kappa shape index (κ1) is 15.8. The van der Waals surface area contributed by atoms with E-state index in [1.54, 1.807) is 0 Å². The van der Waals surface area contributed by atoms with E-state index in [4.69, 9.17) is 15.3 Å². The van der Waals surface area contributed by atoms with Gasteiger partial charge in [0.05, 0.1) is 13.2 Å². The third-order valence-corrected chi connectivity index (χ3v) is 1.42. The highest BCUT2D eigenvalue weighted by atomic mass is 16.4. The van der Waals surface area contributed by atoms with E-state index in [0.717, 1.165) is 12.8 Å². The molecule has 0 bridgehead atoms. The lowest BCUT2D eigenvalue weighted by Gasteiger charge is -2.16. The van der Waals surface area contributed by atoms with Gasteiger partial charge in [0.15, 0.2) is 0 Å². The maximum Gasteiger partial charge on any atom is 0.303 e. The molecule has 0 saturated heterocycles. The number of rotatable bonds is 4. The highest BCUT2D eigenvalue weighted by Crippen LogP contribution is 2.21. The molecule has 0 fully saturated rings. The molecule has 86 valence electrons. The van der Waals surface area contributed by atoms with Gasteiger partial charge in [-0.15, -0.1) is 0 Å². The first-order valence-electron chi connectivity index (χ1n) is 4.77. The summed E-state index contributed by atoms with van der Waals surface area (Å²) in [5.74, 6) is -0.691. The fourth-order valence-corrected chi connectivity index (χ4v) is 0.770. The predicted octanol–water partition coefficient (Wildman–Crippen LogP) is 1.26. The largest absolute Gasteiger partial charge is 0.481 e. The second kappa shape index (κ2) is 8.97. The first-order chi connectivity index (χ1) is 6.33. The summed E-state index contributed by atoms with van der Waals surface area (Å²) in [5.41, 5.74) is 0.273. The third-order valence-electron chi connectivity index (χ3n) is 1.42. The van der Waals surface area contributed by atoms with Crippen LogP contribution < -0.4 is 0 Å². The monoisotopic (exact) mass is 206 g/mol. The van der Waals surface area contributed by atoms with Crippen molar-refractivity contribution in [3.05, 3.63) is 0 Å². The average Bonchev–Trinajstić information content (AvgIpc) is 2.02. The molecule has 0 saturated carbocycles. The Kier molecular flexibility index (Phi) is 10.1. The van der Waals surface area contributed by atoms with Crippen molar-refractivity contribution in [1.29, 1.82) is 0 Å². The molecule has 0 spiro atoms. The van der Waals surface area contributed by atoms with Crippen molar-refractivity contribution in [3.63, 3.8) is 0 Å². The van der Waals surface area contributed by atoms with Crippen LogP contribution in [0.1, 0.15) is 40.0 Å². The van der Waals surface area contributed by atoms with E-state index < -0.39 is 5.97 Å². The van der Waals surface area contributed by atoms with E-state index in [1.165, 1.54) is 0 Å². The number of carboxylic acid groups (broad SMARTS) is 1. The number of hydrogen-bond acceptors (Lipinski definition) is 3. The van der Waals surface area contributed by atoms with Crippen LogP contribution in [0.2, 0.25) is 0 Å². The standard InChI is InChI=1S/C8H16O2.C2H6O2/c1-8(2,3)6-4-5-7(9)10;3-1-2-4/h4-6H2,1-3H3,(H,9,10);3-4H,1-2H2. The molecular formula is C10H22O4. The summed E-state index contributed by atoms with van der Waals surface area (Å²) >= 11 is 0. The molecule has 4 heteroatoms. The normalized spacial score (nSPS) is 10.4. The Hall–Kier alpha value is -0.610. The average molecular weight is 206 g/mol. The molecule has 0 unspecified atom stereocenters. The highest BCUT2D eigenvalue weighted by molar-refractivity contribution is 5.66. The van der Waals surface area contributed by atoms with Crippen LogP contribution in [0.25, 0.3) is 0 Å². The second-order valence-corrected chi connectivity index (χ2v) is 4.26. The van der Waals surface area contributed by atoms with Gasteiger partial charge < -0.3 is 15.3 Å². The third kappa shape index (κ3) is 22.5. The van der Waals surface area contributed by atoms with Crippen molar-refractivity contribution in [3.8, 4) is 0 Å². The molecule has 0 aromatic rings. The summed E-state index contributed by atoms with van der Waals surface area (Å²) in [7, 11) is 0. The molecule has 0 aliphatic carbocycles. The summed E-state index contributed by atoms with van der Waals surface area (Å²) in [6.07, 6.45) is 2.08.